The first-order valence-corrected chi connectivity index (χ1v) is 9.51. The lowest BCUT2D eigenvalue weighted by Gasteiger charge is -2.10. The van der Waals surface area contributed by atoms with Gasteiger partial charge in [0.2, 0.25) is 5.75 Å². The summed E-state index contributed by atoms with van der Waals surface area (Å²) in [7, 11) is 0. The van der Waals surface area contributed by atoms with Crippen LogP contribution >= 0.6 is 15.9 Å². The number of rotatable bonds is 7. The smallest absolute Gasteiger partial charge is 0.312 e. The number of amides is 1. The van der Waals surface area contributed by atoms with Crippen LogP contribution in [0.3, 0.4) is 0 Å². The summed E-state index contributed by atoms with van der Waals surface area (Å²) < 4.78 is 6.14. The number of hydrogen-bond donors (Lipinski definition) is 2. The minimum Gasteiger partial charge on any atom is -0.502 e. The van der Waals surface area contributed by atoms with Gasteiger partial charge in [-0.05, 0) is 23.8 Å². The monoisotopic (exact) mass is 469 g/mol. The molecule has 0 aliphatic heterocycles. The zero-order chi connectivity index (χ0) is 21.5. The number of nitro benzene ring substituents is 1. The van der Waals surface area contributed by atoms with E-state index in [2.05, 4.69) is 26.5 Å². The molecule has 3 rings (SSSR count). The number of aromatic hydroxyl groups is 1. The summed E-state index contributed by atoms with van der Waals surface area (Å²) in [6, 6.07) is 18.8. The van der Waals surface area contributed by atoms with E-state index in [1.54, 1.807) is 24.3 Å². The Labute approximate surface area is 180 Å². The lowest BCUT2D eigenvalue weighted by Crippen LogP contribution is -2.18. The Hall–Kier alpha value is -3.72. The Morgan fingerprint density at radius 1 is 1.17 bits per heavy atom. The van der Waals surface area contributed by atoms with Crippen LogP contribution < -0.4 is 10.2 Å². The maximum absolute atomic E-state index is 12.5. The van der Waals surface area contributed by atoms with E-state index in [-0.39, 0.29) is 11.1 Å². The van der Waals surface area contributed by atoms with Gasteiger partial charge in [0.1, 0.15) is 12.4 Å². The number of ether oxygens (including phenoxy) is 1. The molecule has 0 saturated heterocycles. The summed E-state index contributed by atoms with van der Waals surface area (Å²) in [5.74, 6) is -0.693. The van der Waals surface area contributed by atoms with E-state index in [1.165, 1.54) is 12.1 Å². The SMILES string of the molecule is O=C(N/N=C/c1cc(Br)cc([N+](=O)[O-])c1O)c1ccccc1OCc1ccccc1. The molecular formula is C21H16BrN3O5. The zero-order valence-corrected chi connectivity index (χ0v) is 17.1. The van der Waals surface area contributed by atoms with Crippen LogP contribution in [0.5, 0.6) is 11.5 Å². The van der Waals surface area contributed by atoms with Crippen molar-refractivity contribution in [3.63, 3.8) is 0 Å². The van der Waals surface area contributed by atoms with Gasteiger partial charge in [-0.3, -0.25) is 14.9 Å². The molecule has 0 atom stereocenters. The second-order valence-corrected chi connectivity index (χ2v) is 7.01. The Kier molecular flexibility index (Phi) is 6.76. The summed E-state index contributed by atoms with van der Waals surface area (Å²) >= 11 is 3.14. The number of phenols is 1. The van der Waals surface area contributed by atoms with Crippen LogP contribution in [0.4, 0.5) is 5.69 Å². The van der Waals surface area contributed by atoms with E-state index in [9.17, 15) is 20.0 Å². The van der Waals surface area contributed by atoms with Crippen LogP contribution in [0.25, 0.3) is 0 Å². The predicted molar refractivity (Wildman–Crippen MR) is 115 cm³/mol. The molecule has 3 aromatic carbocycles. The Balaban J connectivity index is 1.72. The van der Waals surface area contributed by atoms with Gasteiger partial charge in [-0.2, -0.15) is 5.10 Å². The number of carbonyl (C=O) groups is 1. The molecule has 1 amide bonds. The van der Waals surface area contributed by atoms with Crippen LogP contribution in [0, 0.1) is 10.1 Å². The fraction of sp³-hybridized carbons (Fsp3) is 0.0476. The van der Waals surface area contributed by atoms with Gasteiger partial charge in [0.25, 0.3) is 5.91 Å². The number of halogens is 1. The third kappa shape index (κ3) is 5.21. The molecule has 0 radical (unpaired) electrons. The lowest BCUT2D eigenvalue weighted by molar-refractivity contribution is -0.385. The number of hydrogen-bond acceptors (Lipinski definition) is 6. The highest BCUT2D eigenvalue weighted by Gasteiger charge is 2.18. The van der Waals surface area contributed by atoms with Crippen molar-refractivity contribution < 1.29 is 19.6 Å². The van der Waals surface area contributed by atoms with E-state index in [0.717, 1.165) is 11.8 Å². The highest BCUT2D eigenvalue weighted by molar-refractivity contribution is 9.10. The number of carbonyl (C=O) groups excluding carboxylic acids is 1. The minimum absolute atomic E-state index is 0.0741. The van der Waals surface area contributed by atoms with Crippen LogP contribution in [0.2, 0.25) is 0 Å². The van der Waals surface area contributed by atoms with Gasteiger partial charge in [-0.25, -0.2) is 5.43 Å². The van der Waals surface area contributed by atoms with Crippen LogP contribution in [-0.4, -0.2) is 22.2 Å². The molecule has 2 N–H and O–H groups in total. The Bertz CT molecular complexity index is 1100. The van der Waals surface area contributed by atoms with Crippen LogP contribution in [0.15, 0.2) is 76.3 Å². The first-order valence-electron chi connectivity index (χ1n) is 8.72. The number of hydrazone groups is 1. The molecule has 3 aromatic rings. The fourth-order valence-electron chi connectivity index (χ4n) is 2.58. The highest BCUT2D eigenvalue weighted by atomic mass is 79.9. The first kappa shape index (κ1) is 21.0. The second kappa shape index (κ2) is 9.66. The first-order chi connectivity index (χ1) is 14.5. The average molecular weight is 470 g/mol. The van der Waals surface area contributed by atoms with Crippen molar-refractivity contribution >= 4 is 33.7 Å². The van der Waals surface area contributed by atoms with Gasteiger partial charge >= 0.3 is 5.69 Å². The van der Waals surface area contributed by atoms with Gasteiger partial charge in [0.05, 0.1) is 16.7 Å². The molecule has 0 aromatic heterocycles. The number of nitrogens with zero attached hydrogens (tertiary/aromatic N) is 2. The zero-order valence-electron chi connectivity index (χ0n) is 15.5. The molecule has 0 unspecified atom stereocenters. The Morgan fingerprint density at radius 2 is 1.87 bits per heavy atom. The van der Waals surface area contributed by atoms with Gasteiger partial charge in [0.15, 0.2) is 0 Å². The normalized spacial score (nSPS) is 10.7. The number of nitro groups is 1. The summed E-state index contributed by atoms with van der Waals surface area (Å²) in [6.07, 6.45) is 1.12. The summed E-state index contributed by atoms with van der Waals surface area (Å²) in [4.78, 5) is 22.8. The maximum atomic E-state index is 12.5. The van der Waals surface area contributed by atoms with Crippen LogP contribution in [0.1, 0.15) is 21.5 Å². The maximum Gasteiger partial charge on any atom is 0.312 e. The van der Waals surface area contributed by atoms with Crippen molar-refractivity contribution in [2.24, 2.45) is 5.10 Å². The average Bonchev–Trinajstić information content (AvgIpc) is 2.75. The summed E-state index contributed by atoms with van der Waals surface area (Å²) in [5, 5.41) is 24.8. The predicted octanol–water partition coefficient (Wildman–Crippen LogP) is 4.41. The Morgan fingerprint density at radius 3 is 2.60 bits per heavy atom. The van der Waals surface area contributed by atoms with E-state index >= 15 is 0 Å². The van der Waals surface area contributed by atoms with Crippen molar-refractivity contribution in [3.05, 3.63) is 98.0 Å². The molecule has 0 spiro atoms. The number of nitrogens with one attached hydrogen (secondary N) is 1. The topological polar surface area (TPSA) is 114 Å². The van der Waals surface area contributed by atoms with Crippen molar-refractivity contribution in [1.82, 2.24) is 5.43 Å². The minimum atomic E-state index is -0.712. The van der Waals surface area contributed by atoms with Gasteiger partial charge < -0.3 is 9.84 Å². The van der Waals surface area contributed by atoms with Gasteiger partial charge in [0, 0.05) is 16.1 Å². The third-order valence-corrected chi connectivity index (χ3v) is 4.48. The summed E-state index contributed by atoms with van der Waals surface area (Å²) in [5.41, 5.74) is 3.16. The largest absolute Gasteiger partial charge is 0.502 e. The van der Waals surface area contributed by atoms with Crippen LogP contribution in [-0.2, 0) is 6.61 Å². The standard InChI is InChI=1S/C21H16BrN3O5/c22-16-10-15(20(26)18(11-16)25(28)29)12-23-24-21(27)17-8-4-5-9-19(17)30-13-14-6-2-1-3-7-14/h1-12,26H,13H2,(H,24,27)/b23-12+. The van der Waals surface area contributed by atoms with Crippen molar-refractivity contribution in [2.45, 2.75) is 6.61 Å². The number of benzene rings is 3. The lowest BCUT2D eigenvalue weighted by atomic mass is 10.2. The molecule has 0 bridgehead atoms. The molecule has 8 nitrogen and oxygen atoms in total. The summed E-state index contributed by atoms with van der Waals surface area (Å²) in [6.45, 7) is 0.296. The molecule has 0 saturated carbocycles. The highest BCUT2D eigenvalue weighted by Crippen LogP contribution is 2.32. The molecule has 9 heteroatoms. The van der Waals surface area contributed by atoms with Crippen molar-refractivity contribution in [2.75, 3.05) is 0 Å². The second-order valence-electron chi connectivity index (χ2n) is 6.09. The third-order valence-electron chi connectivity index (χ3n) is 4.02. The molecule has 0 aliphatic carbocycles. The van der Waals surface area contributed by atoms with E-state index < -0.39 is 22.3 Å². The number of phenolic OH excluding ortho intramolecular Hbond substituents is 1. The molecule has 152 valence electrons. The van der Waals surface area contributed by atoms with Crippen molar-refractivity contribution in [3.8, 4) is 11.5 Å². The quantitative estimate of drug-likeness (QED) is 0.302. The van der Waals surface area contributed by atoms with E-state index in [0.29, 0.717) is 16.8 Å². The van der Waals surface area contributed by atoms with Crippen molar-refractivity contribution in [1.29, 1.82) is 0 Å². The molecule has 0 heterocycles. The molecule has 0 aliphatic rings. The molecular weight excluding hydrogens is 454 g/mol. The molecule has 30 heavy (non-hydrogen) atoms. The van der Waals surface area contributed by atoms with Gasteiger partial charge in [-0.15, -0.1) is 0 Å². The number of para-hydroxylation sites is 1. The van der Waals surface area contributed by atoms with E-state index in [1.807, 2.05) is 30.3 Å². The van der Waals surface area contributed by atoms with Gasteiger partial charge in [-0.1, -0.05) is 58.4 Å². The molecule has 0 fully saturated rings. The fourth-order valence-corrected chi connectivity index (χ4v) is 3.04. The van der Waals surface area contributed by atoms with E-state index in [4.69, 9.17) is 4.74 Å².